The molecule has 0 spiro atoms. The molecule has 2 N–H and O–H groups in total. The van der Waals surface area contributed by atoms with E-state index in [9.17, 15) is 9.59 Å². The molecule has 0 aliphatic heterocycles. The number of carbonyl (C=O) groups excluding carboxylic acids is 1. The number of halogens is 1. The summed E-state index contributed by atoms with van der Waals surface area (Å²) in [6.45, 7) is 3.63. The first kappa shape index (κ1) is 12.7. The van der Waals surface area contributed by atoms with Crippen LogP contribution in [0.1, 0.15) is 34.6 Å². The minimum atomic E-state index is -1.12. The molecule has 1 rings (SSSR count). The summed E-state index contributed by atoms with van der Waals surface area (Å²) in [6, 6.07) is 4.59. The van der Waals surface area contributed by atoms with E-state index in [1.54, 1.807) is 12.1 Å². The first-order valence-electron chi connectivity index (χ1n) is 4.76. The van der Waals surface area contributed by atoms with Crippen molar-refractivity contribution in [3.05, 3.63) is 33.8 Å². The van der Waals surface area contributed by atoms with Gasteiger partial charge in [-0.3, -0.25) is 4.79 Å². The van der Waals surface area contributed by atoms with Crippen LogP contribution >= 0.6 is 15.9 Å². The highest BCUT2D eigenvalue weighted by Crippen LogP contribution is 2.20. The predicted octanol–water partition coefficient (Wildman–Crippen LogP) is 2.29. The number of benzene rings is 1. The summed E-state index contributed by atoms with van der Waals surface area (Å²) in [5.41, 5.74) is 0.149. The Hall–Kier alpha value is -1.36. The molecule has 0 aliphatic carbocycles. The van der Waals surface area contributed by atoms with Crippen molar-refractivity contribution in [2.24, 2.45) is 0 Å². The van der Waals surface area contributed by atoms with Crippen molar-refractivity contribution in [1.29, 1.82) is 0 Å². The molecule has 0 atom stereocenters. The van der Waals surface area contributed by atoms with Crippen molar-refractivity contribution in [1.82, 2.24) is 5.32 Å². The Morgan fingerprint density at radius 1 is 1.38 bits per heavy atom. The van der Waals surface area contributed by atoms with Crippen molar-refractivity contribution in [3.8, 4) is 0 Å². The van der Waals surface area contributed by atoms with Gasteiger partial charge in [-0.15, -0.1) is 0 Å². The molecule has 16 heavy (non-hydrogen) atoms. The zero-order valence-electron chi connectivity index (χ0n) is 8.95. The van der Waals surface area contributed by atoms with Crippen LogP contribution in [-0.4, -0.2) is 23.0 Å². The van der Waals surface area contributed by atoms with Crippen molar-refractivity contribution in [2.45, 2.75) is 19.9 Å². The molecular weight excluding hydrogens is 274 g/mol. The second-order valence-electron chi connectivity index (χ2n) is 3.60. The van der Waals surface area contributed by atoms with E-state index in [1.165, 1.54) is 6.07 Å². The monoisotopic (exact) mass is 285 g/mol. The van der Waals surface area contributed by atoms with Crippen molar-refractivity contribution in [2.75, 3.05) is 0 Å². The molecule has 1 aromatic carbocycles. The van der Waals surface area contributed by atoms with E-state index >= 15 is 0 Å². The van der Waals surface area contributed by atoms with Crippen molar-refractivity contribution < 1.29 is 14.7 Å². The molecule has 0 saturated carbocycles. The average molecular weight is 286 g/mol. The van der Waals surface area contributed by atoms with Gasteiger partial charge in [-0.25, -0.2) is 4.79 Å². The molecule has 0 aliphatic rings. The van der Waals surface area contributed by atoms with E-state index < -0.39 is 5.97 Å². The van der Waals surface area contributed by atoms with Gasteiger partial charge >= 0.3 is 5.97 Å². The van der Waals surface area contributed by atoms with E-state index in [1.807, 2.05) is 13.8 Å². The molecule has 0 fully saturated rings. The van der Waals surface area contributed by atoms with Gasteiger partial charge in [0.05, 0.1) is 11.1 Å². The molecule has 1 amide bonds. The molecule has 1 aromatic rings. The average Bonchev–Trinajstić information content (AvgIpc) is 2.15. The van der Waals surface area contributed by atoms with Gasteiger partial charge < -0.3 is 10.4 Å². The molecule has 0 radical (unpaired) electrons. The third-order valence-electron chi connectivity index (χ3n) is 1.89. The van der Waals surface area contributed by atoms with E-state index in [-0.39, 0.29) is 23.1 Å². The van der Waals surface area contributed by atoms with Crippen LogP contribution in [-0.2, 0) is 0 Å². The quantitative estimate of drug-likeness (QED) is 0.895. The summed E-state index contributed by atoms with van der Waals surface area (Å²) in [4.78, 5) is 22.8. The molecule has 5 heteroatoms. The summed E-state index contributed by atoms with van der Waals surface area (Å²) in [5.74, 6) is -1.50. The lowest BCUT2D eigenvalue weighted by Crippen LogP contribution is -2.31. The Kier molecular flexibility index (Phi) is 4.06. The second-order valence-corrected chi connectivity index (χ2v) is 4.45. The van der Waals surface area contributed by atoms with E-state index in [0.717, 1.165) is 0 Å². The number of carboxylic acids is 1. The number of carbonyl (C=O) groups is 2. The normalized spacial score (nSPS) is 10.2. The van der Waals surface area contributed by atoms with Gasteiger partial charge in [-0.05, 0) is 41.9 Å². The lowest BCUT2D eigenvalue weighted by molar-refractivity contribution is 0.0690. The highest BCUT2D eigenvalue weighted by atomic mass is 79.9. The summed E-state index contributed by atoms with van der Waals surface area (Å²) in [6.07, 6.45) is 0. The third kappa shape index (κ3) is 2.82. The maximum absolute atomic E-state index is 11.8. The Bertz CT molecular complexity index is 429. The van der Waals surface area contributed by atoms with E-state index in [4.69, 9.17) is 5.11 Å². The van der Waals surface area contributed by atoms with Crippen LogP contribution in [0, 0.1) is 0 Å². The lowest BCUT2D eigenvalue weighted by atomic mass is 10.1. The Morgan fingerprint density at radius 3 is 2.50 bits per heavy atom. The van der Waals surface area contributed by atoms with Crippen LogP contribution < -0.4 is 5.32 Å². The van der Waals surface area contributed by atoms with Gasteiger partial charge in [-0.1, -0.05) is 6.07 Å². The highest BCUT2D eigenvalue weighted by molar-refractivity contribution is 9.10. The smallest absolute Gasteiger partial charge is 0.336 e. The van der Waals surface area contributed by atoms with Gasteiger partial charge in [0.1, 0.15) is 0 Å². The standard InChI is InChI=1S/C11H12BrNO3/c1-6(2)13-10(14)9-7(11(15)16)4-3-5-8(9)12/h3-6H,1-2H3,(H,13,14)(H,15,16). The van der Waals surface area contributed by atoms with Crippen molar-refractivity contribution in [3.63, 3.8) is 0 Å². The fraction of sp³-hybridized carbons (Fsp3) is 0.273. The first-order chi connectivity index (χ1) is 7.43. The van der Waals surface area contributed by atoms with Gasteiger partial charge in [0.25, 0.3) is 5.91 Å². The molecule has 0 unspecified atom stereocenters. The number of rotatable bonds is 3. The summed E-state index contributed by atoms with van der Waals surface area (Å²) < 4.78 is 0.477. The summed E-state index contributed by atoms with van der Waals surface area (Å²) in [5, 5.41) is 11.6. The first-order valence-corrected chi connectivity index (χ1v) is 5.55. The molecule has 0 heterocycles. The van der Waals surface area contributed by atoms with Crippen LogP contribution in [0.5, 0.6) is 0 Å². The van der Waals surface area contributed by atoms with Crippen LogP contribution in [0.15, 0.2) is 22.7 Å². The number of amides is 1. The number of carboxylic acid groups (broad SMARTS) is 1. The maximum atomic E-state index is 11.8. The Balaban J connectivity index is 3.20. The lowest BCUT2D eigenvalue weighted by Gasteiger charge is -2.11. The van der Waals surface area contributed by atoms with Crippen LogP contribution in [0.25, 0.3) is 0 Å². The third-order valence-corrected chi connectivity index (χ3v) is 2.55. The zero-order valence-corrected chi connectivity index (χ0v) is 10.5. The van der Waals surface area contributed by atoms with Crippen LogP contribution in [0.4, 0.5) is 0 Å². The van der Waals surface area contributed by atoms with Crippen LogP contribution in [0.2, 0.25) is 0 Å². The Morgan fingerprint density at radius 2 is 2.00 bits per heavy atom. The maximum Gasteiger partial charge on any atom is 0.336 e. The van der Waals surface area contributed by atoms with Gasteiger partial charge in [0, 0.05) is 10.5 Å². The zero-order chi connectivity index (χ0) is 12.3. The molecule has 0 saturated heterocycles. The largest absolute Gasteiger partial charge is 0.478 e. The Labute approximate surface area is 102 Å². The fourth-order valence-corrected chi connectivity index (χ4v) is 1.81. The van der Waals surface area contributed by atoms with Crippen LogP contribution in [0.3, 0.4) is 0 Å². The second kappa shape index (κ2) is 5.12. The molecule has 86 valence electrons. The minimum Gasteiger partial charge on any atom is -0.478 e. The molecule has 0 aromatic heterocycles. The van der Waals surface area contributed by atoms with E-state index in [2.05, 4.69) is 21.2 Å². The summed E-state index contributed by atoms with van der Waals surface area (Å²) >= 11 is 3.18. The van der Waals surface area contributed by atoms with Crippen molar-refractivity contribution >= 4 is 27.8 Å². The number of nitrogens with one attached hydrogen (secondary N) is 1. The summed E-state index contributed by atoms with van der Waals surface area (Å²) in [7, 11) is 0. The van der Waals surface area contributed by atoms with E-state index in [0.29, 0.717) is 4.47 Å². The number of aromatic carboxylic acids is 1. The van der Waals surface area contributed by atoms with Gasteiger partial charge in [0.2, 0.25) is 0 Å². The minimum absolute atomic E-state index is 0.00692. The number of hydrogen-bond donors (Lipinski definition) is 2. The fourth-order valence-electron chi connectivity index (χ4n) is 1.27. The topological polar surface area (TPSA) is 66.4 Å². The molecule has 0 bridgehead atoms. The predicted molar refractivity (Wildman–Crippen MR) is 63.7 cm³/mol. The van der Waals surface area contributed by atoms with Gasteiger partial charge in [-0.2, -0.15) is 0 Å². The highest BCUT2D eigenvalue weighted by Gasteiger charge is 2.19. The van der Waals surface area contributed by atoms with Gasteiger partial charge in [0.15, 0.2) is 0 Å². The molecule has 4 nitrogen and oxygen atoms in total. The SMILES string of the molecule is CC(C)NC(=O)c1c(Br)cccc1C(=O)O. The molecular formula is C11H12BrNO3. The number of hydrogen-bond acceptors (Lipinski definition) is 2.